The molecule has 1 saturated carbocycles. The molecule has 3 rings (SSSR count). The Kier molecular flexibility index (Phi) is 1.04. The van der Waals surface area contributed by atoms with Crippen molar-refractivity contribution >= 4 is 0 Å². The van der Waals surface area contributed by atoms with Gasteiger partial charge >= 0.3 is 0 Å². The summed E-state index contributed by atoms with van der Waals surface area (Å²) >= 11 is 0. The zero-order valence-electron chi connectivity index (χ0n) is 5.19. The van der Waals surface area contributed by atoms with E-state index >= 15 is 0 Å². The van der Waals surface area contributed by atoms with Crippen molar-refractivity contribution < 1.29 is 0 Å². The van der Waals surface area contributed by atoms with Gasteiger partial charge in [-0.05, 0) is 38.1 Å². The molecular weight excluding hydrogens is 98.1 g/mol. The van der Waals surface area contributed by atoms with Crippen molar-refractivity contribution in [3.8, 4) is 0 Å². The van der Waals surface area contributed by atoms with E-state index in [0.717, 1.165) is 12.0 Å². The van der Waals surface area contributed by atoms with Gasteiger partial charge in [-0.1, -0.05) is 0 Å². The molecule has 8 heavy (non-hydrogen) atoms. The van der Waals surface area contributed by atoms with Crippen LogP contribution < -0.4 is 5.32 Å². The van der Waals surface area contributed by atoms with Crippen LogP contribution in [0, 0.1) is 5.92 Å². The molecule has 2 saturated heterocycles. The summed E-state index contributed by atoms with van der Waals surface area (Å²) in [6.07, 6.45) is 5.89. The first-order valence-corrected chi connectivity index (χ1v) is 3.68. The fraction of sp³-hybridized carbons (Fsp3) is 1.00. The average molecular weight is 111 g/mol. The van der Waals surface area contributed by atoms with E-state index in [1.165, 1.54) is 32.2 Å². The van der Waals surface area contributed by atoms with E-state index in [-0.39, 0.29) is 0 Å². The highest BCUT2D eigenvalue weighted by Crippen LogP contribution is 2.28. The number of hydrogen-bond acceptors (Lipinski definition) is 1. The van der Waals surface area contributed by atoms with Crippen molar-refractivity contribution in [1.82, 2.24) is 5.32 Å². The number of fused-ring (bicyclic) bond motifs is 3. The second kappa shape index (κ2) is 1.73. The molecule has 3 aliphatic rings. The van der Waals surface area contributed by atoms with E-state index in [4.69, 9.17) is 0 Å². The lowest BCUT2D eigenvalue weighted by molar-refractivity contribution is 0.213. The standard InChI is InChI=1S/C7H13N/c1-3-7-4-2-6(1)5-8-7/h6-8H,1-5H2/t6-,7-. The fourth-order valence-corrected chi connectivity index (χ4v) is 1.90. The maximum Gasteiger partial charge on any atom is 0.00673 e. The molecule has 0 aromatic rings. The third-order valence-corrected chi connectivity index (χ3v) is 2.54. The van der Waals surface area contributed by atoms with Crippen LogP contribution in [0.2, 0.25) is 0 Å². The second-order valence-corrected chi connectivity index (χ2v) is 3.13. The second-order valence-electron chi connectivity index (χ2n) is 3.13. The Balaban J connectivity index is 2.03. The Hall–Kier alpha value is -0.0400. The van der Waals surface area contributed by atoms with Crippen LogP contribution in [0.5, 0.6) is 0 Å². The zero-order chi connectivity index (χ0) is 5.40. The summed E-state index contributed by atoms with van der Waals surface area (Å²) in [6, 6.07) is 0.903. The highest BCUT2D eigenvalue weighted by molar-refractivity contribution is 4.84. The maximum atomic E-state index is 3.52. The Bertz CT molecular complexity index is 59.4. The first-order valence-electron chi connectivity index (χ1n) is 3.68. The molecular formula is C7H13N. The van der Waals surface area contributed by atoms with Crippen molar-refractivity contribution in [3.05, 3.63) is 0 Å². The number of hydrogen-bond donors (Lipinski definition) is 1. The predicted molar refractivity (Wildman–Crippen MR) is 33.7 cm³/mol. The van der Waals surface area contributed by atoms with Crippen molar-refractivity contribution in [2.75, 3.05) is 6.54 Å². The summed E-state index contributed by atoms with van der Waals surface area (Å²) in [7, 11) is 0. The molecule has 0 spiro atoms. The minimum atomic E-state index is 0.903. The smallest absolute Gasteiger partial charge is 0.00673 e. The monoisotopic (exact) mass is 111 g/mol. The normalized spacial score (nSPS) is 45.0. The molecule has 2 aliphatic heterocycles. The molecule has 1 N–H and O–H groups in total. The number of piperidine rings is 2. The summed E-state index contributed by atoms with van der Waals surface area (Å²) in [4.78, 5) is 0. The first kappa shape index (κ1) is 4.80. The van der Waals surface area contributed by atoms with Gasteiger partial charge in [0.1, 0.15) is 0 Å². The molecule has 0 aromatic carbocycles. The largest absolute Gasteiger partial charge is 0.314 e. The van der Waals surface area contributed by atoms with Gasteiger partial charge in [-0.25, -0.2) is 0 Å². The fourth-order valence-electron chi connectivity index (χ4n) is 1.90. The lowest BCUT2D eigenvalue weighted by Gasteiger charge is -2.36. The van der Waals surface area contributed by atoms with E-state index in [9.17, 15) is 0 Å². The maximum absolute atomic E-state index is 3.52. The van der Waals surface area contributed by atoms with Gasteiger partial charge in [-0.15, -0.1) is 0 Å². The van der Waals surface area contributed by atoms with E-state index in [2.05, 4.69) is 5.32 Å². The van der Waals surface area contributed by atoms with E-state index in [1.54, 1.807) is 0 Å². The van der Waals surface area contributed by atoms with E-state index in [0.29, 0.717) is 0 Å². The van der Waals surface area contributed by atoms with E-state index < -0.39 is 0 Å². The van der Waals surface area contributed by atoms with Crippen LogP contribution in [0.15, 0.2) is 0 Å². The minimum absolute atomic E-state index is 0.903. The molecule has 0 radical (unpaired) electrons. The van der Waals surface area contributed by atoms with Gasteiger partial charge in [0, 0.05) is 6.04 Å². The quantitative estimate of drug-likeness (QED) is 0.494. The predicted octanol–water partition coefficient (Wildman–Crippen LogP) is 1.15. The van der Waals surface area contributed by atoms with Gasteiger partial charge in [-0.3, -0.25) is 0 Å². The molecule has 0 atom stereocenters. The van der Waals surface area contributed by atoms with Crippen molar-refractivity contribution in [3.63, 3.8) is 0 Å². The van der Waals surface area contributed by atoms with Crippen molar-refractivity contribution in [2.45, 2.75) is 31.7 Å². The highest BCUT2D eigenvalue weighted by atomic mass is 14.9. The van der Waals surface area contributed by atoms with Crippen LogP contribution in [0.25, 0.3) is 0 Å². The van der Waals surface area contributed by atoms with Crippen molar-refractivity contribution in [2.24, 2.45) is 5.92 Å². The molecule has 2 heterocycles. The Morgan fingerprint density at radius 2 is 1.75 bits per heavy atom. The lowest BCUT2D eigenvalue weighted by atomic mass is 9.82. The topological polar surface area (TPSA) is 12.0 Å². The SMILES string of the molecule is C1C[C@H]2CC[C@H]1CN2. The molecule has 0 amide bonds. The third kappa shape index (κ3) is 0.655. The summed E-state index contributed by atoms with van der Waals surface area (Å²) in [5.74, 6) is 1.04. The molecule has 46 valence electrons. The molecule has 1 aliphatic carbocycles. The van der Waals surface area contributed by atoms with Gasteiger partial charge in [-0.2, -0.15) is 0 Å². The molecule has 1 heteroatoms. The minimum Gasteiger partial charge on any atom is -0.314 e. The summed E-state index contributed by atoms with van der Waals surface area (Å²) in [5, 5.41) is 3.52. The summed E-state index contributed by atoms with van der Waals surface area (Å²) in [5.41, 5.74) is 0. The first-order chi connectivity index (χ1) is 3.95. The van der Waals surface area contributed by atoms with Gasteiger partial charge in [0.05, 0.1) is 0 Å². The Morgan fingerprint density at radius 3 is 1.88 bits per heavy atom. The van der Waals surface area contributed by atoms with Crippen LogP contribution in [0.4, 0.5) is 0 Å². The Morgan fingerprint density at radius 1 is 1.00 bits per heavy atom. The van der Waals surface area contributed by atoms with Gasteiger partial charge in [0.2, 0.25) is 0 Å². The van der Waals surface area contributed by atoms with Crippen LogP contribution >= 0.6 is 0 Å². The van der Waals surface area contributed by atoms with Gasteiger partial charge in [0.15, 0.2) is 0 Å². The zero-order valence-corrected chi connectivity index (χ0v) is 5.19. The average Bonchev–Trinajstić information content (AvgIpc) is 1.92. The van der Waals surface area contributed by atoms with Crippen molar-refractivity contribution in [1.29, 1.82) is 0 Å². The van der Waals surface area contributed by atoms with Gasteiger partial charge in [0.25, 0.3) is 0 Å². The molecule has 0 unspecified atom stereocenters. The van der Waals surface area contributed by atoms with Crippen LogP contribution in [0.1, 0.15) is 25.7 Å². The number of rotatable bonds is 0. The summed E-state index contributed by atoms with van der Waals surface area (Å²) < 4.78 is 0. The molecule has 1 nitrogen and oxygen atoms in total. The highest BCUT2D eigenvalue weighted by Gasteiger charge is 2.25. The third-order valence-electron chi connectivity index (χ3n) is 2.54. The Labute approximate surface area is 50.5 Å². The van der Waals surface area contributed by atoms with Crippen LogP contribution in [-0.4, -0.2) is 12.6 Å². The summed E-state index contributed by atoms with van der Waals surface area (Å²) in [6.45, 7) is 1.31. The number of nitrogens with one attached hydrogen (secondary N) is 1. The van der Waals surface area contributed by atoms with Gasteiger partial charge < -0.3 is 5.32 Å². The molecule has 3 fully saturated rings. The van der Waals surface area contributed by atoms with E-state index in [1.807, 2.05) is 0 Å². The van der Waals surface area contributed by atoms with Crippen LogP contribution in [0.3, 0.4) is 0 Å². The molecule has 2 bridgehead atoms. The lowest BCUT2D eigenvalue weighted by Crippen LogP contribution is -2.44. The molecule has 0 aromatic heterocycles. The van der Waals surface area contributed by atoms with Crippen LogP contribution in [-0.2, 0) is 0 Å².